The van der Waals surface area contributed by atoms with Crippen LogP contribution in [0.2, 0.25) is 0 Å². The smallest absolute Gasteiger partial charge is 0.203 e. The molecule has 0 unspecified atom stereocenters. The molecule has 0 amide bonds. The maximum Gasteiger partial charge on any atom is 0.203 e. The average Bonchev–Trinajstić information content (AvgIpc) is 3.24. The minimum atomic E-state index is -0.0336. The Kier molecular flexibility index (Phi) is 4.14. The number of nitriles is 1. The highest BCUT2D eigenvalue weighted by Crippen LogP contribution is 2.50. The van der Waals surface area contributed by atoms with Crippen LogP contribution in [0.4, 0.5) is 0 Å². The second-order valence-electron chi connectivity index (χ2n) is 5.00. The molecule has 0 aliphatic heterocycles. The first-order valence-corrected chi connectivity index (χ1v) is 6.39. The maximum atomic E-state index is 10.9. The number of aldehydes is 1. The molecule has 106 valence electrons. The van der Waals surface area contributed by atoms with E-state index in [4.69, 9.17) is 19.5 Å². The lowest BCUT2D eigenvalue weighted by atomic mass is 10.1. The standard InChI is InChI=1S/C15H17NO4/c1-18-12-7-11(9-17)8-13(19-2)14(12)20-10-15(3-4-15)5-6-16/h7-9H,3-5,10H2,1-2H3. The fraction of sp³-hybridized carbons (Fsp3) is 0.467. The van der Waals surface area contributed by atoms with Crippen molar-refractivity contribution in [2.75, 3.05) is 20.8 Å². The van der Waals surface area contributed by atoms with Gasteiger partial charge in [-0.3, -0.25) is 4.79 Å². The van der Waals surface area contributed by atoms with Crippen LogP contribution in [0.5, 0.6) is 17.2 Å². The van der Waals surface area contributed by atoms with Gasteiger partial charge in [-0.2, -0.15) is 5.26 Å². The van der Waals surface area contributed by atoms with Crippen LogP contribution in [0.25, 0.3) is 0 Å². The lowest BCUT2D eigenvalue weighted by Crippen LogP contribution is -2.13. The predicted octanol–water partition coefficient (Wildman–Crippen LogP) is 2.59. The fourth-order valence-corrected chi connectivity index (χ4v) is 2.05. The first kappa shape index (κ1) is 14.2. The Morgan fingerprint density at radius 1 is 1.30 bits per heavy atom. The molecule has 20 heavy (non-hydrogen) atoms. The number of rotatable bonds is 7. The van der Waals surface area contributed by atoms with E-state index in [-0.39, 0.29) is 5.41 Å². The second-order valence-corrected chi connectivity index (χ2v) is 5.00. The van der Waals surface area contributed by atoms with Crippen LogP contribution in [-0.4, -0.2) is 27.1 Å². The molecular formula is C15H17NO4. The monoisotopic (exact) mass is 275 g/mol. The molecule has 5 nitrogen and oxygen atoms in total. The van der Waals surface area contributed by atoms with E-state index in [0.29, 0.717) is 35.8 Å². The van der Waals surface area contributed by atoms with Gasteiger partial charge in [0.25, 0.3) is 0 Å². The highest BCUT2D eigenvalue weighted by atomic mass is 16.5. The molecule has 0 aromatic heterocycles. The van der Waals surface area contributed by atoms with Crippen molar-refractivity contribution in [2.24, 2.45) is 5.41 Å². The number of hydrogen-bond acceptors (Lipinski definition) is 5. The quantitative estimate of drug-likeness (QED) is 0.715. The molecule has 0 N–H and O–H groups in total. The zero-order valence-corrected chi connectivity index (χ0v) is 11.6. The number of carbonyl (C=O) groups excluding carboxylic acids is 1. The predicted molar refractivity (Wildman–Crippen MR) is 72.3 cm³/mol. The average molecular weight is 275 g/mol. The van der Waals surface area contributed by atoms with E-state index >= 15 is 0 Å². The number of carbonyl (C=O) groups is 1. The lowest BCUT2D eigenvalue weighted by Gasteiger charge is -2.18. The second kappa shape index (κ2) is 5.83. The summed E-state index contributed by atoms with van der Waals surface area (Å²) in [6.45, 7) is 0.452. The normalized spacial score (nSPS) is 15.1. The van der Waals surface area contributed by atoms with Gasteiger partial charge >= 0.3 is 0 Å². The molecule has 1 aromatic carbocycles. The molecule has 5 heteroatoms. The fourth-order valence-electron chi connectivity index (χ4n) is 2.05. The molecule has 1 aliphatic rings. The summed E-state index contributed by atoms with van der Waals surface area (Å²) in [6, 6.07) is 5.41. The van der Waals surface area contributed by atoms with Crippen molar-refractivity contribution in [1.82, 2.24) is 0 Å². The Morgan fingerprint density at radius 2 is 1.90 bits per heavy atom. The molecule has 0 heterocycles. The van der Waals surface area contributed by atoms with Gasteiger partial charge in [-0.1, -0.05) is 0 Å². The number of nitrogens with zero attached hydrogens (tertiary/aromatic N) is 1. The highest BCUT2D eigenvalue weighted by Gasteiger charge is 2.43. The van der Waals surface area contributed by atoms with Gasteiger partial charge in [-0.05, 0) is 25.0 Å². The Labute approximate surface area is 118 Å². The molecule has 1 fully saturated rings. The van der Waals surface area contributed by atoms with Crippen molar-refractivity contribution >= 4 is 6.29 Å². The summed E-state index contributed by atoms with van der Waals surface area (Å²) in [4.78, 5) is 10.9. The zero-order valence-electron chi connectivity index (χ0n) is 11.6. The summed E-state index contributed by atoms with van der Waals surface area (Å²) in [6.07, 6.45) is 3.21. The molecule has 0 spiro atoms. The molecule has 0 bridgehead atoms. The van der Waals surface area contributed by atoms with E-state index in [1.165, 1.54) is 14.2 Å². The third-order valence-electron chi connectivity index (χ3n) is 3.55. The maximum absolute atomic E-state index is 10.9. The Hall–Kier alpha value is -2.22. The number of ether oxygens (including phenoxy) is 3. The zero-order chi connectivity index (χ0) is 14.6. The topological polar surface area (TPSA) is 68.6 Å². The van der Waals surface area contributed by atoms with E-state index in [0.717, 1.165) is 19.1 Å². The van der Waals surface area contributed by atoms with Crippen molar-refractivity contribution in [3.8, 4) is 23.3 Å². The van der Waals surface area contributed by atoms with Crippen molar-refractivity contribution in [3.63, 3.8) is 0 Å². The van der Waals surface area contributed by atoms with Crippen LogP contribution in [0.1, 0.15) is 29.6 Å². The molecule has 1 aromatic rings. The van der Waals surface area contributed by atoms with E-state index < -0.39 is 0 Å². The SMILES string of the molecule is COc1cc(C=O)cc(OC)c1OCC1(CC#N)CC1. The van der Waals surface area contributed by atoms with Gasteiger partial charge in [0, 0.05) is 17.4 Å². The van der Waals surface area contributed by atoms with Gasteiger partial charge in [-0.15, -0.1) is 0 Å². The lowest BCUT2D eigenvalue weighted by molar-refractivity contribution is 0.112. The van der Waals surface area contributed by atoms with E-state index in [2.05, 4.69) is 6.07 Å². The van der Waals surface area contributed by atoms with Crippen LogP contribution in [-0.2, 0) is 0 Å². The van der Waals surface area contributed by atoms with Crippen LogP contribution < -0.4 is 14.2 Å². The third kappa shape index (κ3) is 2.85. The molecule has 0 radical (unpaired) electrons. The summed E-state index contributed by atoms with van der Waals surface area (Å²) in [7, 11) is 3.02. The summed E-state index contributed by atoms with van der Waals surface area (Å²) in [5, 5.41) is 8.82. The van der Waals surface area contributed by atoms with Crippen molar-refractivity contribution in [1.29, 1.82) is 5.26 Å². The molecule has 0 atom stereocenters. The summed E-state index contributed by atoms with van der Waals surface area (Å²) in [5.74, 6) is 1.39. The Bertz CT molecular complexity index is 518. The summed E-state index contributed by atoms with van der Waals surface area (Å²) in [5.41, 5.74) is 0.429. The molecule has 1 saturated carbocycles. The van der Waals surface area contributed by atoms with Crippen LogP contribution in [0.15, 0.2) is 12.1 Å². The molecular weight excluding hydrogens is 258 g/mol. The number of hydrogen-bond donors (Lipinski definition) is 0. The van der Waals surface area contributed by atoms with Gasteiger partial charge in [0.05, 0.1) is 26.9 Å². The van der Waals surface area contributed by atoms with E-state index in [1.54, 1.807) is 12.1 Å². The third-order valence-corrected chi connectivity index (χ3v) is 3.55. The number of methoxy groups -OCH3 is 2. The van der Waals surface area contributed by atoms with Crippen molar-refractivity contribution in [2.45, 2.75) is 19.3 Å². The van der Waals surface area contributed by atoms with Crippen LogP contribution in [0.3, 0.4) is 0 Å². The molecule has 0 saturated heterocycles. The van der Waals surface area contributed by atoms with Gasteiger partial charge in [0.1, 0.15) is 6.29 Å². The van der Waals surface area contributed by atoms with Gasteiger partial charge in [0.15, 0.2) is 11.5 Å². The largest absolute Gasteiger partial charge is 0.493 e. The first-order valence-electron chi connectivity index (χ1n) is 6.39. The molecule has 2 rings (SSSR count). The number of benzene rings is 1. The Balaban J connectivity index is 2.21. The van der Waals surface area contributed by atoms with Gasteiger partial charge in [-0.25, -0.2) is 0 Å². The minimum Gasteiger partial charge on any atom is -0.493 e. The van der Waals surface area contributed by atoms with Crippen LogP contribution >= 0.6 is 0 Å². The summed E-state index contributed by atoms with van der Waals surface area (Å²) < 4.78 is 16.3. The van der Waals surface area contributed by atoms with Crippen molar-refractivity contribution in [3.05, 3.63) is 17.7 Å². The van der Waals surface area contributed by atoms with Crippen molar-refractivity contribution < 1.29 is 19.0 Å². The van der Waals surface area contributed by atoms with Crippen LogP contribution in [0, 0.1) is 16.7 Å². The molecule has 1 aliphatic carbocycles. The van der Waals surface area contributed by atoms with Gasteiger partial charge < -0.3 is 14.2 Å². The minimum absolute atomic E-state index is 0.0336. The Morgan fingerprint density at radius 3 is 2.30 bits per heavy atom. The van der Waals surface area contributed by atoms with Gasteiger partial charge in [0.2, 0.25) is 5.75 Å². The summed E-state index contributed by atoms with van der Waals surface area (Å²) >= 11 is 0. The first-order chi connectivity index (χ1) is 9.68. The van der Waals surface area contributed by atoms with E-state index in [1.807, 2.05) is 0 Å². The highest BCUT2D eigenvalue weighted by molar-refractivity contribution is 5.78. The van der Waals surface area contributed by atoms with E-state index in [9.17, 15) is 4.79 Å².